The van der Waals surface area contributed by atoms with Gasteiger partial charge in [-0.05, 0) is 50.1 Å². The third kappa shape index (κ3) is 4.88. The lowest BCUT2D eigenvalue weighted by Crippen LogP contribution is -2.28. The van der Waals surface area contributed by atoms with Crippen LogP contribution in [0.2, 0.25) is 0 Å². The fraction of sp³-hybridized carbons (Fsp3) is 0.350. The molecule has 0 saturated carbocycles. The van der Waals surface area contributed by atoms with Gasteiger partial charge < -0.3 is 14.8 Å². The number of nitrogens with zero attached hydrogens (tertiary/aromatic N) is 1. The first kappa shape index (κ1) is 22.0. The maximum atomic E-state index is 13.0. The van der Waals surface area contributed by atoms with Gasteiger partial charge in [0.2, 0.25) is 10.0 Å². The molecular formula is C20H22F2N2O5S. The Morgan fingerprint density at radius 3 is 2.50 bits per heavy atom. The molecule has 1 fully saturated rings. The van der Waals surface area contributed by atoms with Crippen molar-refractivity contribution in [2.75, 3.05) is 25.0 Å². The molecule has 1 amide bonds. The van der Waals surface area contributed by atoms with Gasteiger partial charge in [0, 0.05) is 18.8 Å². The number of ether oxygens (including phenoxy) is 2. The number of rotatable bonds is 8. The van der Waals surface area contributed by atoms with Crippen LogP contribution in [0, 0.1) is 0 Å². The van der Waals surface area contributed by atoms with Gasteiger partial charge in [0.05, 0.1) is 12.2 Å². The quantitative estimate of drug-likeness (QED) is 0.676. The van der Waals surface area contributed by atoms with E-state index in [0.29, 0.717) is 13.1 Å². The number of halogens is 2. The summed E-state index contributed by atoms with van der Waals surface area (Å²) in [4.78, 5) is 12.6. The van der Waals surface area contributed by atoms with E-state index in [9.17, 15) is 22.0 Å². The van der Waals surface area contributed by atoms with Gasteiger partial charge in [0.15, 0.2) is 0 Å². The Bertz CT molecular complexity index is 1010. The third-order valence-electron chi connectivity index (χ3n) is 4.53. The predicted octanol–water partition coefficient (Wildman–Crippen LogP) is 3.72. The summed E-state index contributed by atoms with van der Waals surface area (Å²) < 4.78 is 62.5. The summed E-state index contributed by atoms with van der Waals surface area (Å²) >= 11 is 0. The molecule has 0 unspecified atom stereocenters. The topological polar surface area (TPSA) is 84.9 Å². The lowest BCUT2D eigenvalue weighted by atomic mass is 10.2. The van der Waals surface area contributed by atoms with Crippen molar-refractivity contribution in [1.29, 1.82) is 0 Å². The number of amides is 1. The van der Waals surface area contributed by atoms with Crippen LogP contribution in [0.1, 0.15) is 30.1 Å². The smallest absolute Gasteiger partial charge is 0.387 e. The molecule has 30 heavy (non-hydrogen) atoms. The fourth-order valence-corrected chi connectivity index (χ4v) is 4.86. The number of hydrogen-bond donors (Lipinski definition) is 1. The van der Waals surface area contributed by atoms with E-state index in [-0.39, 0.29) is 34.3 Å². The highest BCUT2D eigenvalue weighted by Crippen LogP contribution is 2.32. The molecule has 0 atom stereocenters. The second-order valence-electron chi connectivity index (χ2n) is 6.53. The van der Waals surface area contributed by atoms with E-state index in [4.69, 9.17) is 4.74 Å². The number of carbonyl (C=O) groups is 1. The van der Waals surface area contributed by atoms with Crippen molar-refractivity contribution in [3.8, 4) is 11.5 Å². The fourth-order valence-electron chi connectivity index (χ4n) is 3.18. The van der Waals surface area contributed by atoms with E-state index in [1.165, 1.54) is 46.8 Å². The Morgan fingerprint density at radius 2 is 1.83 bits per heavy atom. The molecule has 0 aliphatic carbocycles. The number of alkyl halides is 2. The number of nitrogens with one attached hydrogen (secondary N) is 1. The molecule has 162 valence electrons. The minimum absolute atomic E-state index is 0.0545. The van der Waals surface area contributed by atoms with Crippen LogP contribution in [0.3, 0.4) is 0 Å². The van der Waals surface area contributed by atoms with Gasteiger partial charge in [0.1, 0.15) is 16.4 Å². The SMILES string of the molecule is CCOc1ccc(NC(=O)c2ccccc2OC(F)F)cc1S(=O)(=O)N1CCCC1. The molecule has 1 aliphatic rings. The minimum Gasteiger partial charge on any atom is -0.492 e. The summed E-state index contributed by atoms with van der Waals surface area (Å²) in [5.74, 6) is -0.801. The Labute approximate surface area is 173 Å². The summed E-state index contributed by atoms with van der Waals surface area (Å²) in [6.07, 6.45) is 1.56. The van der Waals surface area contributed by atoms with Crippen molar-refractivity contribution in [1.82, 2.24) is 4.31 Å². The molecule has 1 heterocycles. The van der Waals surface area contributed by atoms with E-state index < -0.39 is 22.5 Å². The standard InChI is InChI=1S/C20H22F2N2O5S/c1-2-28-17-10-9-14(13-18(17)30(26,27)24-11-5-6-12-24)23-19(25)15-7-3-4-8-16(15)29-20(21)22/h3-4,7-10,13,20H,2,5-6,11-12H2,1H3,(H,23,25). The molecule has 7 nitrogen and oxygen atoms in total. The van der Waals surface area contributed by atoms with Gasteiger partial charge in [0.25, 0.3) is 5.91 Å². The molecule has 0 spiro atoms. The van der Waals surface area contributed by atoms with E-state index >= 15 is 0 Å². The lowest BCUT2D eigenvalue weighted by Gasteiger charge is -2.19. The summed E-state index contributed by atoms with van der Waals surface area (Å²) in [6, 6.07) is 9.83. The molecule has 0 radical (unpaired) electrons. The van der Waals surface area contributed by atoms with Crippen LogP contribution in [0.25, 0.3) is 0 Å². The minimum atomic E-state index is -3.81. The highest BCUT2D eigenvalue weighted by atomic mass is 32.2. The molecule has 1 saturated heterocycles. The zero-order valence-corrected chi connectivity index (χ0v) is 17.1. The van der Waals surface area contributed by atoms with E-state index in [1.54, 1.807) is 6.92 Å². The van der Waals surface area contributed by atoms with Crippen molar-refractivity contribution < 1.29 is 31.5 Å². The molecule has 0 bridgehead atoms. The van der Waals surface area contributed by atoms with E-state index in [2.05, 4.69) is 10.1 Å². The molecular weight excluding hydrogens is 418 g/mol. The van der Waals surface area contributed by atoms with Gasteiger partial charge in [-0.3, -0.25) is 4.79 Å². The average Bonchev–Trinajstić information content (AvgIpc) is 3.25. The van der Waals surface area contributed by atoms with Crippen molar-refractivity contribution in [3.63, 3.8) is 0 Å². The molecule has 1 aliphatic heterocycles. The van der Waals surface area contributed by atoms with Gasteiger partial charge in [-0.25, -0.2) is 8.42 Å². The van der Waals surface area contributed by atoms with E-state index in [0.717, 1.165) is 12.8 Å². The summed E-state index contributed by atoms with van der Waals surface area (Å²) in [7, 11) is -3.81. The first-order valence-electron chi connectivity index (χ1n) is 9.45. The van der Waals surface area contributed by atoms with Crippen LogP contribution in [-0.2, 0) is 10.0 Å². The maximum absolute atomic E-state index is 13.0. The molecule has 1 N–H and O–H groups in total. The van der Waals surface area contributed by atoms with Crippen LogP contribution in [-0.4, -0.2) is 44.9 Å². The van der Waals surface area contributed by atoms with Crippen LogP contribution in [0.15, 0.2) is 47.4 Å². The maximum Gasteiger partial charge on any atom is 0.387 e. The monoisotopic (exact) mass is 440 g/mol. The lowest BCUT2D eigenvalue weighted by molar-refractivity contribution is -0.0501. The summed E-state index contributed by atoms with van der Waals surface area (Å²) in [5.41, 5.74) is 0.0868. The number of carbonyl (C=O) groups excluding carboxylic acids is 1. The number of hydrogen-bond acceptors (Lipinski definition) is 5. The van der Waals surface area contributed by atoms with Crippen molar-refractivity contribution >= 4 is 21.6 Å². The Kier molecular flexibility index (Phi) is 6.88. The van der Waals surface area contributed by atoms with Gasteiger partial charge in [-0.2, -0.15) is 13.1 Å². The molecule has 10 heteroatoms. The Hall–Kier alpha value is -2.72. The number of anilines is 1. The summed E-state index contributed by atoms with van der Waals surface area (Å²) in [6.45, 7) is -0.234. The normalized spacial score (nSPS) is 14.7. The highest BCUT2D eigenvalue weighted by molar-refractivity contribution is 7.89. The zero-order chi connectivity index (χ0) is 21.7. The van der Waals surface area contributed by atoms with Crippen molar-refractivity contribution in [2.24, 2.45) is 0 Å². The second-order valence-corrected chi connectivity index (χ2v) is 8.44. The molecule has 2 aromatic rings. The van der Waals surface area contributed by atoms with Crippen molar-refractivity contribution in [3.05, 3.63) is 48.0 Å². The molecule has 0 aromatic heterocycles. The highest BCUT2D eigenvalue weighted by Gasteiger charge is 2.30. The van der Waals surface area contributed by atoms with Crippen LogP contribution in [0.5, 0.6) is 11.5 Å². The van der Waals surface area contributed by atoms with Crippen molar-refractivity contribution in [2.45, 2.75) is 31.3 Å². The molecule has 3 rings (SSSR count). The largest absolute Gasteiger partial charge is 0.492 e. The first-order chi connectivity index (χ1) is 14.3. The zero-order valence-electron chi connectivity index (χ0n) is 16.3. The molecule has 2 aromatic carbocycles. The van der Waals surface area contributed by atoms with Crippen LogP contribution >= 0.6 is 0 Å². The third-order valence-corrected chi connectivity index (χ3v) is 6.45. The Balaban J connectivity index is 1.91. The van der Waals surface area contributed by atoms with Gasteiger partial charge in [-0.1, -0.05) is 12.1 Å². The number of benzene rings is 2. The van der Waals surface area contributed by atoms with Gasteiger partial charge in [-0.15, -0.1) is 0 Å². The van der Waals surface area contributed by atoms with Crippen LogP contribution < -0.4 is 14.8 Å². The van der Waals surface area contributed by atoms with E-state index in [1.807, 2.05) is 0 Å². The van der Waals surface area contributed by atoms with Crippen LogP contribution in [0.4, 0.5) is 14.5 Å². The number of para-hydroxylation sites is 1. The Morgan fingerprint density at radius 1 is 1.13 bits per heavy atom. The predicted molar refractivity (Wildman–Crippen MR) is 107 cm³/mol. The first-order valence-corrected chi connectivity index (χ1v) is 10.9. The van der Waals surface area contributed by atoms with Gasteiger partial charge >= 0.3 is 6.61 Å². The second kappa shape index (κ2) is 9.40. The number of sulfonamides is 1. The summed E-state index contributed by atoms with van der Waals surface area (Å²) in [5, 5.41) is 2.54. The average molecular weight is 440 g/mol.